The Balaban J connectivity index is 0.00000341. The molecule has 0 bridgehead atoms. The number of fused-ring (bicyclic) bond motifs is 1. The molecule has 176 valence electrons. The summed E-state index contributed by atoms with van der Waals surface area (Å²) in [4.78, 5) is 9.59. The molecule has 1 aromatic rings. The van der Waals surface area contributed by atoms with E-state index >= 15 is 0 Å². The van der Waals surface area contributed by atoms with E-state index in [1.165, 1.54) is 17.7 Å². The van der Waals surface area contributed by atoms with Crippen LogP contribution in [0.3, 0.4) is 0 Å². The largest absolute Gasteiger partial charge is 0.390 e. The second kappa shape index (κ2) is 13.6. The standard InChI is InChI=1S/C24H41N5O.HI/c1-4-25-24(27-22-10-13-28(14-11-22)16-19(2)3)26-15-23(30)18-29-12-9-20-7-5-6-8-21(20)17-29;/h5-8,19,22-23,30H,4,9-18H2,1-3H3,(H2,25,26,27);1H. The molecule has 1 fully saturated rings. The molecule has 2 heterocycles. The maximum absolute atomic E-state index is 10.6. The van der Waals surface area contributed by atoms with Crippen molar-refractivity contribution in [2.75, 3.05) is 45.8 Å². The summed E-state index contributed by atoms with van der Waals surface area (Å²) >= 11 is 0. The molecule has 3 rings (SSSR count). The molecule has 6 nitrogen and oxygen atoms in total. The monoisotopic (exact) mass is 543 g/mol. The van der Waals surface area contributed by atoms with Gasteiger partial charge in [0.15, 0.2) is 5.96 Å². The van der Waals surface area contributed by atoms with E-state index in [1.54, 1.807) is 0 Å². The molecular formula is C24H42IN5O. The second-order valence-electron chi connectivity index (χ2n) is 9.24. The normalized spacial score (nSPS) is 19.6. The average Bonchev–Trinajstić information content (AvgIpc) is 2.73. The number of piperidine rings is 1. The number of hydrogen-bond donors (Lipinski definition) is 3. The van der Waals surface area contributed by atoms with E-state index in [4.69, 9.17) is 0 Å². The van der Waals surface area contributed by atoms with Gasteiger partial charge in [0.1, 0.15) is 0 Å². The number of likely N-dealkylation sites (tertiary alicyclic amines) is 1. The van der Waals surface area contributed by atoms with Gasteiger partial charge in [-0.1, -0.05) is 38.1 Å². The summed E-state index contributed by atoms with van der Waals surface area (Å²) in [5.74, 6) is 1.56. The summed E-state index contributed by atoms with van der Waals surface area (Å²) < 4.78 is 0. The van der Waals surface area contributed by atoms with E-state index in [-0.39, 0.29) is 24.0 Å². The first-order valence-corrected chi connectivity index (χ1v) is 11.8. The first-order valence-electron chi connectivity index (χ1n) is 11.8. The minimum Gasteiger partial charge on any atom is -0.390 e. The fraction of sp³-hybridized carbons (Fsp3) is 0.708. The zero-order valence-electron chi connectivity index (χ0n) is 19.5. The Labute approximate surface area is 205 Å². The van der Waals surface area contributed by atoms with Gasteiger partial charge in [-0.15, -0.1) is 24.0 Å². The summed E-state index contributed by atoms with van der Waals surface area (Å²) in [6, 6.07) is 9.09. The summed E-state index contributed by atoms with van der Waals surface area (Å²) in [5.41, 5.74) is 2.83. The topological polar surface area (TPSA) is 63.1 Å². The van der Waals surface area contributed by atoms with Crippen LogP contribution in [0, 0.1) is 5.92 Å². The van der Waals surface area contributed by atoms with Crippen molar-refractivity contribution >= 4 is 29.9 Å². The Hall–Kier alpha value is -0.900. The minimum absolute atomic E-state index is 0. The lowest BCUT2D eigenvalue weighted by atomic mass is 10.00. The molecule has 1 unspecified atom stereocenters. The van der Waals surface area contributed by atoms with Crippen molar-refractivity contribution in [3.8, 4) is 0 Å². The zero-order chi connectivity index (χ0) is 21.3. The van der Waals surface area contributed by atoms with Crippen molar-refractivity contribution in [2.24, 2.45) is 10.9 Å². The van der Waals surface area contributed by atoms with Gasteiger partial charge in [0.05, 0.1) is 12.6 Å². The van der Waals surface area contributed by atoms with E-state index in [2.05, 4.69) is 70.5 Å². The van der Waals surface area contributed by atoms with Gasteiger partial charge in [0.2, 0.25) is 0 Å². The SMILES string of the molecule is CCNC(=NCC(O)CN1CCc2ccccc2C1)NC1CCN(CC(C)C)CC1.I. The predicted octanol–water partition coefficient (Wildman–Crippen LogP) is 2.70. The van der Waals surface area contributed by atoms with Gasteiger partial charge in [-0.2, -0.15) is 0 Å². The van der Waals surface area contributed by atoms with Crippen molar-refractivity contribution < 1.29 is 5.11 Å². The van der Waals surface area contributed by atoms with Crippen LogP contribution in [0.5, 0.6) is 0 Å². The number of nitrogens with zero attached hydrogens (tertiary/aromatic N) is 3. The van der Waals surface area contributed by atoms with Gasteiger partial charge in [-0.25, -0.2) is 0 Å². The van der Waals surface area contributed by atoms with Crippen molar-refractivity contribution in [1.29, 1.82) is 0 Å². The molecule has 1 atom stereocenters. The highest BCUT2D eigenvalue weighted by Gasteiger charge is 2.21. The summed E-state index contributed by atoms with van der Waals surface area (Å²) in [7, 11) is 0. The third kappa shape index (κ3) is 8.86. The van der Waals surface area contributed by atoms with Gasteiger partial charge in [0, 0.05) is 51.9 Å². The first kappa shape index (κ1) is 26.4. The van der Waals surface area contributed by atoms with E-state index in [0.29, 0.717) is 19.1 Å². The molecule has 0 spiro atoms. The number of rotatable bonds is 8. The molecule has 0 radical (unpaired) electrons. The van der Waals surface area contributed by atoms with E-state index < -0.39 is 6.10 Å². The molecule has 1 saturated heterocycles. The van der Waals surface area contributed by atoms with Crippen LogP contribution in [0.2, 0.25) is 0 Å². The number of benzene rings is 1. The smallest absolute Gasteiger partial charge is 0.191 e. The molecular weight excluding hydrogens is 501 g/mol. The molecule has 0 aliphatic carbocycles. The van der Waals surface area contributed by atoms with E-state index in [9.17, 15) is 5.11 Å². The van der Waals surface area contributed by atoms with Crippen molar-refractivity contribution in [1.82, 2.24) is 20.4 Å². The average molecular weight is 544 g/mol. The zero-order valence-corrected chi connectivity index (χ0v) is 21.8. The number of halogens is 1. The Morgan fingerprint density at radius 3 is 2.48 bits per heavy atom. The quantitative estimate of drug-likeness (QED) is 0.268. The van der Waals surface area contributed by atoms with Crippen molar-refractivity contribution in [3.63, 3.8) is 0 Å². The lowest BCUT2D eigenvalue weighted by Gasteiger charge is -2.34. The Morgan fingerprint density at radius 2 is 1.81 bits per heavy atom. The number of aliphatic hydroxyl groups excluding tert-OH is 1. The summed E-state index contributed by atoms with van der Waals surface area (Å²) in [6.07, 6.45) is 2.91. The Kier molecular flexibility index (Phi) is 11.6. The van der Waals surface area contributed by atoms with Crippen LogP contribution in [0.4, 0.5) is 0 Å². The van der Waals surface area contributed by atoms with Crippen LogP contribution in [0.1, 0.15) is 44.7 Å². The van der Waals surface area contributed by atoms with Crippen LogP contribution in [0.15, 0.2) is 29.3 Å². The number of nitrogens with one attached hydrogen (secondary N) is 2. The maximum Gasteiger partial charge on any atom is 0.191 e. The molecule has 7 heteroatoms. The van der Waals surface area contributed by atoms with E-state index in [0.717, 1.165) is 63.9 Å². The summed E-state index contributed by atoms with van der Waals surface area (Å²) in [5, 5.41) is 17.5. The van der Waals surface area contributed by atoms with Crippen LogP contribution >= 0.6 is 24.0 Å². The maximum atomic E-state index is 10.6. The molecule has 0 amide bonds. The molecule has 0 saturated carbocycles. The lowest BCUT2D eigenvalue weighted by Crippen LogP contribution is -2.49. The Morgan fingerprint density at radius 1 is 1.10 bits per heavy atom. The lowest BCUT2D eigenvalue weighted by molar-refractivity contribution is 0.111. The Bertz CT molecular complexity index is 676. The number of guanidine groups is 1. The molecule has 1 aromatic carbocycles. The number of β-amino-alcohol motifs (C(OH)–C–C–N with tert-alkyl or cyclic N) is 1. The predicted molar refractivity (Wildman–Crippen MR) is 140 cm³/mol. The number of aliphatic imine (C=N–C) groups is 1. The van der Waals surface area contributed by atoms with Gasteiger partial charge in [-0.3, -0.25) is 9.89 Å². The summed E-state index contributed by atoms with van der Waals surface area (Å²) in [6.45, 7) is 14.0. The fourth-order valence-corrected chi connectivity index (χ4v) is 4.55. The van der Waals surface area contributed by atoms with Crippen LogP contribution in [-0.4, -0.2) is 78.8 Å². The highest BCUT2D eigenvalue weighted by atomic mass is 127. The molecule has 2 aliphatic rings. The molecule has 0 aromatic heterocycles. The molecule has 2 aliphatic heterocycles. The van der Waals surface area contributed by atoms with Crippen LogP contribution in [0.25, 0.3) is 0 Å². The number of aliphatic hydroxyl groups is 1. The third-order valence-electron chi connectivity index (χ3n) is 6.03. The minimum atomic E-state index is -0.446. The van der Waals surface area contributed by atoms with Gasteiger partial charge < -0.3 is 20.6 Å². The van der Waals surface area contributed by atoms with Gasteiger partial charge >= 0.3 is 0 Å². The van der Waals surface area contributed by atoms with Gasteiger partial charge in [0.25, 0.3) is 0 Å². The third-order valence-corrected chi connectivity index (χ3v) is 6.03. The van der Waals surface area contributed by atoms with Gasteiger partial charge in [-0.05, 0) is 43.2 Å². The second-order valence-corrected chi connectivity index (χ2v) is 9.24. The van der Waals surface area contributed by atoms with Crippen molar-refractivity contribution in [2.45, 2.75) is 58.7 Å². The van der Waals surface area contributed by atoms with Crippen molar-refractivity contribution in [3.05, 3.63) is 35.4 Å². The first-order chi connectivity index (χ1) is 14.5. The highest BCUT2D eigenvalue weighted by molar-refractivity contribution is 14.0. The highest BCUT2D eigenvalue weighted by Crippen LogP contribution is 2.18. The molecule has 3 N–H and O–H groups in total. The molecule has 31 heavy (non-hydrogen) atoms. The number of hydrogen-bond acceptors (Lipinski definition) is 4. The fourth-order valence-electron chi connectivity index (χ4n) is 4.55. The van der Waals surface area contributed by atoms with Crippen LogP contribution in [-0.2, 0) is 13.0 Å². The van der Waals surface area contributed by atoms with Crippen LogP contribution < -0.4 is 10.6 Å². The van der Waals surface area contributed by atoms with E-state index in [1.807, 2.05) is 0 Å².